The number of hydrogen-bond acceptors (Lipinski definition) is 12. The molecule has 0 saturated heterocycles. The molecule has 12 nitrogen and oxygen atoms in total. The van der Waals surface area contributed by atoms with E-state index in [1.54, 1.807) is 0 Å². The normalized spacial score (nSPS) is 10.2. The molecule has 109 valence electrons. The molecule has 0 atom stereocenters. The summed E-state index contributed by atoms with van der Waals surface area (Å²) in [6.07, 6.45) is 0. The second-order valence-electron chi connectivity index (χ2n) is 1.22. The van der Waals surface area contributed by atoms with Gasteiger partial charge in [-0.05, 0) is 0 Å². The molecular formula is DyO12S3Tb. The van der Waals surface area contributed by atoms with Crippen molar-refractivity contribution in [3.63, 3.8) is 0 Å². The van der Waals surface area contributed by atoms with Crippen molar-refractivity contribution in [2.24, 2.45) is 0 Å². The van der Waals surface area contributed by atoms with Crippen LogP contribution in [0.1, 0.15) is 0 Å². The molecule has 0 heterocycles. The van der Waals surface area contributed by atoms with Gasteiger partial charge < -0.3 is 27.3 Å². The van der Waals surface area contributed by atoms with Crippen LogP contribution in [0.4, 0.5) is 0 Å². The fourth-order valence-corrected chi connectivity index (χ4v) is 0. The SMILES string of the molecule is O=S(=O)([O-])[O-].O=S(=O)([O-])[O-].O=S(=O)([O-])[O-].[Dy+3].[Tb+3]. The molecule has 0 rings (SSSR count). The van der Waals surface area contributed by atoms with Crippen molar-refractivity contribution in [2.75, 3.05) is 0 Å². The van der Waals surface area contributed by atoms with Gasteiger partial charge in [-0.2, -0.15) is 0 Å². The molecule has 0 aromatic rings. The van der Waals surface area contributed by atoms with Gasteiger partial charge in [0, 0.05) is 31.2 Å². The molecule has 0 unspecified atom stereocenters. The minimum atomic E-state index is -5.17. The Morgan fingerprint density at radius 2 is 0.471 bits per heavy atom. The molecule has 0 bridgehead atoms. The van der Waals surface area contributed by atoms with Crippen LogP contribution in [-0.4, -0.2) is 52.6 Å². The molecule has 0 aliphatic heterocycles. The fraction of sp³-hybridized carbons (Fsp3) is 0. The summed E-state index contributed by atoms with van der Waals surface area (Å²) in [6, 6.07) is 0. The maximum Gasteiger partial charge on any atom is 3.00 e. The van der Waals surface area contributed by atoms with E-state index >= 15 is 0 Å². The number of rotatable bonds is 0. The van der Waals surface area contributed by atoms with Crippen LogP contribution in [0.15, 0.2) is 0 Å². The zero-order chi connectivity index (χ0) is 13.5. The summed E-state index contributed by atoms with van der Waals surface area (Å²) in [6.45, 7) is 0. The molecule has 0 amide bonds. The quantitative estimate of drug-likeness (QED) is 0.188. The molecule has 0 aliphatic carbocycles. The van der Waals surface area contributed by atoms with Crippen LogP contribution in [0, 0.1) is 76.8 Å². The van der Waals surface area contributed by atoms with Gasteiger partial charge in [0.25, 0.3) is 0 Å². The predicted molar refractivity (Wildman–Crippen MR) is 31.4 cm³/mol. The van der Waals surface area contributed by atoms with Gasteiger partial charge in [-0.15, -0.1) is 0 Å². The second kappa shape index (κ2) is 13.2. The Balaban J connectivity index is -0.0000000400. The summed E-state index contributed by atoms with van der Waals surface area (Å²) in [5.74, 6) is 0. The van der Waals surface area contributed by atoms with Crippen molar-refractivity contribution in [1.82, 2.24) is 0 Å². The third kappa shape index (κ3) is 1010. The van der Waals surface area contributed by atoms with Gasteiger partial charge in [0.15, 0.2) is 0 Å². The van der Waals surface area contributed by atoms with E-state index in [0.717, 1.165) is 0 Å². The largest absolute Gasteiger partial charge is 3.00 e. The van der Waals surface area contributed by atoms with Crippen molar-refractivity contribution >= 4 is 31.2 Å². The average Bonchev–Trinajstić information content (AvgIpc) is 1.41. The third-order valence-corrected chi connectivity index (χ3v) is 0. The summed E-state index contributed by atoms with van der Waals surface area (Å²) in [7, 11) is -15.5. The van der Waals surface area contributed by atoms with Crippen LogP contribution in [0.2, 0.25) is 0 Å². The summed E-state index contributed by atoms with van der Waals surface area (Å²) in [5.41, 5.74) is 0. The molecule has 0 saturated carbocycles. The van der Waals surface area contributed by atoms with E-state index in [-0.39, 0.29) is 76.8 Å². The Morgan fingerprint density at radius 3 is 0.471 bits per heavy atom. The first-order chi connectivity index (χ1) is 6.00. The van der Waals surface area contributed by atoms with Crippen LogP contribution >= 0.6 is 0 Å². The average molecular weight is 610 g/mol. The molecule has 17 heavy (non-hydrogen) atoms. The van der Waals surface area contributed by atoms with E-state index in [0.29, 0.717) is 0 Å². The Labute approximate surface area is 158 Å². The Hall–Kier alpha value is 2.17. The van der Waals surface area contributed by atoms with Gasteiger partial charge in [0.2, 0.25) is 0 Å². The smallest absolute Gasteiger partial charge is 0.759 e. The molecule has 0 spiro atoms. The van der Waals surface area contributed by atoms with Crippen molar-refractivity contribution < 1.29 is 129 Å². The summed E-state index contributed by atoms with van der Waals surface area (Å²) in [4.78, 5) is 0. The first kappa shape index (κ1) is 31.5. The summed E-state index contributed by atoms with van der Waals surface area (Å²) >= 11 is 0. The molecular weight excluding hydrogens is 610 g/mol. The Kier molecular flexibility index (Phi) is 24.4. The minimum absolute atomic E-state index is 0. The molecule has 0 aliphatic rings. The fourth-order valence-electron chi connectivity index (χ4n) is 0. The second-order valence-corrected chi connectivity index (χ2v) is 3.67. The zero-order valence-electron chi connectivity index (χ0n) is 6.77. The predicted octanol–water partition coefficient (Wildman–Crippen LogP) is -4.01. The third-order valence-electron chi connectivity index (χ3n) is 0. The topological polar surface area (TPSA) is 241 Å². The van der Waals surface area contributed by atoms with Gasteiger partial charge in [-0.3, -0.25) is 25.3 Å². The van der Waals surface area contributed by atoms with Crippen LogP contribution in [0.25, 0.3) is 0 Å². The molecule has 1 radical (unpaired) electrons. The first-order valence-electron chi connectivity index (χ1n) is 2.00. The molecule has 0 fully saturated rings. The van der Waals surface area contributed by atoms with Crippen LogP contribution in [0.3, 0.4) is 0 Å². The van der Waals surface area contributed by atoms with Crippen LogP contribution in [0.5, 0.6) is 0 Å². The van der Waals surface area contributed by atoms with E-state index in [1.807, 2.05) is 0 Å². The van der Waals surface area contributed by atoms with E-state index in [1.165, 1.54) is 0 Å². The first-order valence-corrected chi connectivity index (χ1v) is 6.00. The van der Waals surface area contributed by atoms with E-state index < -0.39 is 31.2 Å². The summed E-state index contributed by atoms with van der Waals surface area (Å²) in [5, 5.41) is 0. The maximum absolute atomic E-state index is 8.52. The van der Waals surface area contributed by atoms with E-state index in [2.05, 4.69) is 0 Å². The Morgan fingerprint density at radius 1 is 0.471 bits per heavy atom. The van der Waals surface area contributed by atoms with Gasteiger partial charge in [-0.1, -0.05) is 0 Å². The molecule has 0 aromatic carbocycles. The van der Waals surface area contributed by atoms with Gasteiger partial charge >= 0.3 is 76.8 Å². The molecule has 17 heteroatoms. The monoisotopic (exact) mass is 611 g/mol. The van der Waals surface area contributed by atoms with Crippen LogP contribution < -0.4 is 0 Å². The zero-order valence-corrected chi connectivity index (χ0v) is 13.4. The summed E-state index contributed by atoms with van der Waals surface area (Å²) < 4.78 is 102. The minimum Gasteiger partial charge on any atom is -0.759 e. The Bertz CT molecular complexity index is 343. The van der Waals surface area contributed by atoms with Gasteiger partial charge in [0.05, 0.1) is 0 Å². The molecule has 0 aromatic heterocycles. The van der Waals surface area contributed by atoms with Crippen molar-refractivity contribution in [1.29, 1.82) is 0 Å². The number of hydrogen-bond donors (Lipinski definition) is 0. The molecule has 0 N–H and O–H groups in total. The van der Waals surface area contributed by atoms with Gasteiger partial charge in [0.1, 0.15) is 0 Å². The van der Waals surface area contributed by atoms with E-state index in [4.69, 9.17) is 52.6 Å². The maximum atomic E-state index is 8.52. The van der Waals surface area contributed by atoms with E-state index in [9.17, 15) is 0 Å². The van der Waals surface area contributed by atoms with Crippen molar-refractivity contribution in [3.8, 4) is 0 Å². The van der Waals surface area contributed by atoms with Gasteiger partial charge in [-0.25, -0.2) is 0 Å². The van der Waals surface area contributed by atoms with Crippen LogP contribution in [-0.2, 0) is 31.2 Å². The van der Waals surface area contributed by atoms with Crippen molar-refractivity contribution in [3.05, 3.63) is 0 Å². The van der Waals surface area contributed by atoms with Crippen molar-refractivity contribution in [2.45, 2.75) is 0 Å². The standard InChI is InChI=1S/Dy.3H2O4S.Tb/c;3*1-5(2,3)4;/h;3*(H2,1,2,3,4);/q+3;;;;+3/p-6.